The minimum Gasteiger partial charge on any atom is -0.492 e. The van der Waals surface area contributed by atoms with E-state index < -0.39 is 5.92 Å². The molecule has 1 aliphatic rings. The molecule has 0 radical (unpaired) electrons. The van der Waals surface area contributed by atoms with Crippen molar-refractivity contribution in [3.63, 3.8) is 0 Å². The maximum Gasteiger partial charge on any atom is 0.229 e. The fourth-order valence-electron chi connectivity index (χ4n) is 3.43. The van der Waals surface area contributed by atoms with E-state index in [0.717, 1.165) is 5.56 Å². The molecule has 2 aromatic rings. The van der Waals surface area contributed by atoms with Crippen LogP contribution in [0.25, 0.3) is 0 Å². The highest BCUT2D eigenvalue weighted by Crippen LogP contribution is 2.33. The smallest absolute Gasteiger partial charge is 0.229 e. The summed E-state index contributed by atoms with van der Waals surface area (Å²) in [6.45, 7) is 8.19. The highest BCUT2D eigenvalue weighted by molar-refractivity contribution is 6.04. The lowest BCUT2D eigenvalue weighted by Gasteiger charge is -2.20. The summed E-state index contributed by atoms with van der Waals surface area (Å²) in [6.07, 6.45) is 0.134. The minimum absolute atomic E-state index is 0.0916. The molecule has 0 aromatic heterocycles. The first-order valence-corrected chi connectivity index (χ1v) is 10.5. The molecule has 1 atom stereocenters. The van der Waals surface area contributed by atoms with Crippen LogP contribution in [0.15, 0.2) is 42.5 Å². The molecule has 2 N–H and O–H groups in total. The largest absolute Gasteiger partial charge is 0.492 e. The van der Waals surface area contributed by atoms with Gasteiger partial charge in [-0.25, -0.2) is 0 Å². The van der Waals surface area contributed by atoms with Gasteiger partial charge in [0.15, 0.2) is 0 Å². The van der Waals surface area contributed by atoms with E-state index in [4.69, 9.17) is 4.74 Å². The van der Waals surface area contributed by atoms with Crippen LogP contribution in [0.2, 0.25) is 0 Å². The quantitative estimate of drug-likeness (QED) is 0.705. The summed E-state index contributed by atoms with van der Waals surface area (Å²) in [5, 5.41) is 5.77. The highest BCUT2D eigenvalue weighted by atomic mass is 16.5. The Morgan fingerprint density at radius 2 is 1.90 bits per heavy atom. The van der Waals surface area contributed by atoms with Crippen LogP contribution in [-0.4, -0.2) is 30.9 Å². The second kappa shape index (κ2) is 9.64. The molecule has 0 spiro atoms. The van der Waals surface area contributed by atoms with Gasteiger partial charge < -0.3 is 20.3 Å². The number of carbonyl (C=O) groups excluding carboxylic acids is 3. The summed E-state index contributed by atoms with van der Waals surface area (Å²) >= 11 is 0. The van der Waals surface area contributed by atoms with Crippen LogP contribution in [0, 0.1) is 18.8 Å². The average molecular weight is 424 g/mol. The van der Waals surface area contributed by atoms with Gasteiger partial charge in [0.05, 0.1) is 18.2 Å². The Hall–Kier alpha value is -3.35. The van der Waals surface area contributed by atoms with E-state index >= 15 is 0 Å². The van der Waals surface area contributed by atoms with Gasteiger partial charge in [-0.3, -0.25) is 14.4 Å². The molecule has 1 heterocycles. The van der Waals surface area contributed by atoms with Crippen molar-refractivity contribution in [1.29, 1.82) is 0 Å². The molecule has 7 nitrogen and oxygen atoms in total. The van der Waals surface area contributed by atoms with Crippen molar-refractivity contribution in [2.24, 2.45) is 11.8 Å². The minimum atomic E-state index is -0.476. The number of hydrogen-bond donors (Lipinski definition) is 2. The third-order valence-electron chi connectivity index (χ3n) is 5.24. The van der Waals surface area contributed by atoms with Gasteiger partial charge in [-0.2, -0.15) is 0 Å². The summed E-state index contributed by atoms with van der Waals surface area (Å²) in [4.78, 5) is 39.2. The summed E-state index contributed by atoms with van der Waals surface area (Å²) in [7, 11) is 0. The van der Waals surface area contributed by atoms with Gasteiger partial charge in [0.2, 0.25) is 17.7 Å². The number of aryl methyl sites for hydroxylation is 1. The Balaban J connectivity index is 1.72. The third-order valence-corrected chi connectivity index (χ3v) is 5.24. The number of nitrogens with zero attached hydrogens (tertiary/aromatic N) is 1. The summed E-state index contributed by atoms with van der Waals surface area (Å²) in [5.74, 6) is -0.415. The molecule has 0 aliphatic carbocycles. The van der Waals surface area contributed by atoms with Gasteiger partial charge >= 0.3 is 0 Å². The predicted molar refractivity (Wildman–Crippen MR) is 121 cm³/mol. The molecule has 1 aliphatic heterocycles. The number of rotatable bonds is 7. The summed E-state index contributed by atoms with van der Waals surface area (Å²) < 4.78 is 5.64. The van der Waals surface area contributed by atoms with Gasteiger partial charge in [0.25, 0.3) is 0 Å². The first kappa shape index (κ1) is 22.3. The van der Waals surface area contributed by atoms with Crippen LogP contribution < -0.4 is 20.3 Å². The summed E-state index contributed by atoms with van der Waals surface area (Å²) in [5.41, 5.74) is 2.79. The number of benzene rings is 2. The van der Waals surface area contributed by atoms with Crippen molar-refractivity contribution in [2.45, 2.75) is 34.1 Å². The van der Waals surface area contributed by atoms with E-state index in [0.29, 0.717) is 29.4 Å². The number of ether oxygens (including phenoxy) is 1. The van der Waals surface area contributed by atoms with E-state index in [-0.39, 0.29) is 36.6 Å². The topological polar surface area (TPSA) is 87.7 Å². The van der Waals surface area contributed by atoms with E-state index in [2.05, 4.69) is 10.6 Å². The van der Waals surface area contributed by atoms with Gasteiger partial charge in [-0.15, -0.1) is 0 Å². The zero-order valence-corrected chi connectivity index (χ0v) is 18.4. The number of carbonyl (C=O) groups is 3. The lowest BCUT2D eigenvalue weighted by Crippen LogP contribution is -2.28. The normalized spacial score (nSPS) is 15.8. The van der Waals surface area contributed by atoms with Crippen LogP contribution in [0.1, 0.15) is 32.8 Å². The molecule has 31 heavy (non-hydrogen) atoms. The Morgan fingerprint density at radius 1 is 1.16 bits per heavy atom. The lowest BCUT2D eigenvalue weighted by atomic mass is 10.1. The van der Waals surface area contributed by atoms with Crippen LogP contribution in [0.3, 0.4) is 0 Å². The van der Waals surface area contributed by atoms with Crippen LogP contribution in [0.4, 0.5) is 17.1 Å². The van der Waals surface area contributed by atoms with Gasteiger partial charge in [0.1, 0.15) is 5.75 Å². The maximum absolute atomic E-state index is 12.9. The van der Waals surface area contributed by atoms with E-state index in [1.807, 2.05) is 58.0 Å². The monoisotopic (exact) mass is 423 g/mol. The molecule has 3 amide bonds. The SMILES string of the molecule is CCOc1ccccc1N1CC(C(=O)Nc2cc(NC(=O)C(C)C)ccc2C)CC1=O. The molecule has 1 saturated heterocycles. The van der Waals surface area contributed by atoms with Crippen molar-refractivity contribution in [2.75, 3.05) is 28.7 Å². The fraction of sp³-hybridized carbons (Fsp3) is 0.375. The molecular weight excluding hydrogens is 394 g/mol. The van der Waals surface area contributed by atoms with Gasteiger partial charge in [-0.05, 0) is 43.7 Å². The van der Waals surface area contributed by atoms with Crippen molar-refractivity contribution in [3.8, 4) is 5.75 Å². The van der Waals surface area contributed by atoms with Crippen LogP contribution in [-0.2, 0) is 14.4 Å². The third kappa shape index (κ3) is 5.23. The Bertz CT molecular complexity index is 987. The molecule has 1 unspecified atom stereocenters. The van der Waals surface area contributed by atoms with Crippen molar-refractivity contribution < 1.29 is 19.1 Å². The Morgan fingerprint density at radius 3 is 2.61 bits per heavy atom. The predicted octanol–water partition coefficient (Wildman–Crippen LogP) is 3.98. The molecule has 7 heteroatoms. The number of nitrogens with one attached hydrogen (secondary N) is 2. The maximum atomic E-state index is 12.9. The first-order chi connectivity index (χ1) is 14.8. The summed E-state index contributed by atoms with van der Waals surface area (Å²) in [6, 6.07) is 12.7. The first-order valence-electron chi connectivity index (χ1n) is 10.5. The Kier molecular flexibility index (Phi) is 6.95. The van der Waals surface area contributed by atoms with E-state index in [9.17, 15) is 14.4 Å². The number of anilines is 3. The second-order valence-corrected chi connectivity index (χ2v) is 7.97. The number of para-hydroxylation sites is 2. The van der Waals surface area contributed by atoms with Gasteiger partial charge in [-0.1, -0.05) is 32.0 Å². The molecule has 3 rings (SSSR count). The molecule has 1 fully saturated rings. The second-order valence-electron chi connectivity index (χ2n) is 7.97. The van der Waals surface area contributed by atoms with Crippen LogP contribution >= 0.6 is 0 Å². The van der Waals surface area contributed by atoms with Crippen molar-refractivity contribution in [3.05, 3.63) is 48.0 Å². The van der Waals surface area contributed by atoms with E-state index in [1.165, 1.54) is 0 Å². The fourth-order valence-corrected chi connectivity index (χ4v) is 3.43. The van der Waals surface area contributed by atoms with Crippen molar-refractivity contribution in [1.82, 2.24) is 0 Å². The molecular formula is C24H29N3O4. The molecule has 0 bridgehead atoms. The average Bonchev–Trinajstić information content (AvgIpc) is 3.12. The standard InChI is InChI=1S/C24H29N3O4/c1-5-31-21-9-7-6-8-20(21)27-14-17(12-22(27)28)24(30)26-19-13-18(11-10-16(19)4)25-23(29)15(2)3/h6-11,13,15,17H,5,12,14H2,1-4H3,(H,25,29)(H,26,30). The lowest BCUT2D eigenvalue weighted by molar-refractivity contribution is -0.122. The zero-order chi connectivity index (χ0) is 22.5. The van der Waals surface area contributed by atoms with Crippen LogP contribution in [0.5, 0.6) is 5.75 Å². The Labute approximate surface area is 182 Å². The molecule has 2 aromatic carbocycles. The number of amides is 3. The molecule has 0 saturated carbocycles. The zero-order valence-electron chi connectivity index (χ0n) is 18.4. The van der Waals surface area contributed by atoms with Crippen molar-refractivity contribution >= 4 is 34.8 Å². The van der Waals surface area contributed by atoms with Gasteiger partial charge in [0, 0.05) is 30.3 Å². The highest BCUT2D eigenvalue weighted by Gasteiger charge is 2.36. The van der Waals surface area contributed by atoms with E-state index in [1.54, 1.807) is 17.0 Å². The number of hydrogen-bond acceptors (Lipinski definition) is 4. The molecule has 164 valence electrons.